The van der Waals surface area contributed by atoms with E-state index in [1.54, 1.807) is 11.6 Å². The van der Waals surface area contributed by atoms with Crippen molar-refractivity contribution in [2.75, 3.05) is 26.7 Å². The van der Waals surface area contributed by atoms with E-state index in [9.17, 15) is 4.79 Å². The summed E-state index contributed by atoms with van der Waals surface area (Å²) in [5.74, 6) is 1.14. The highest BCUT2D eigenvalue weighted by atomic mass is 16.5. The normalized spacial score (nSPS) is 19.4. The van der Waals surface area contributed by atoms with Gasteiger partial charge >= 0.3 is 0 Å². The SMILES string of the molecule is Cc1noc(C2CN(C(=O)c3cc(C(C)(C)C)nn3C)CCN2C)n1. The van der Waals surface area contributed by atoms with E-state index in [0.29, 0.717) is 30.5 Å². The van der Waals surface area contributed by atoms with Gasteiger partial charge in [0.2, 0.25) is 5.89 Å². The molecule has 1 saturated heterocycles. The first kappa shape index (κ1) is 17.6. The van der Waals surface area contributed by atoms with E-state index in [2.05, 4.69) is 40.9 Å². The maximum atomic E-state index is 13.0. The number of aryl methyl sites for hydroxylation is 2. The summed E-state index contributed by atoms with van der Waals surface area (Å²) in [6, 6.07) is 1.81. The van der Waals surface area contributed by atoms with Gasteiger partial charge in [0, 0.05) is 32.1 Å². The molecule has 1 unspecified atom stereocenters. The van der Waals surface area contributed by atoms with Crippen LogP contribution in [0.15, 0.2) is 10.6 Å². The molecule has 0 aromatic carbocycles. The summed E-state index contributed by atoms with van der Waals surface area (Å²) in [6.07, 6.45) is 0. The molecule has 1 aliphatic rings. The van der Waals surface area contributed by atoms with Crippen molar-refractivity contribution in [2.45, 2.75) is 39.2 Å². The summed E-state index contributed by atoms with van der Waals surface area (Å²) < 4.78 is 7.00. The molecule has 1 amide bonds. The number of aromatic nitrogens is 4. The smallest absolute Gasteiger partial charge is 0.272 e. The monoisotopic (exact) mass is 346 g/mol. The molecule has 136 valence electrons. The van der Waals surface area contributed by atoms with Crippen molar-refractivity contribution in [2.24, 2.45) is 7.05 Å². The van der Waals surface area contributed by atoms with Crippen molar-refractivity contribution >= 4 is 5.91 Å². The van der Waals surface area contributed by atoms with Gasteiger partial charge in [-0.15, -0.1) is 0 Å². The van der Waals surface area contributed by atoms with Gasteiger partial charge in [-0.25, -0.2) is 0 Å². The number of carbonyl (C=O) groups is 1. The fourth-order valence-electron chi connectivity index (χ4n) is 2.97. The summed E-state index contributed by atoms with van der Waals surface area (Å²) in [4.78, 5) is 21.3. The third kappa shape index (κ3) is 3.44. The Balaban J connectivity index is 1.82. The Kier molecular flexibility index (Phi) is 4.40. The summed E-state index contributed by atoms with van der Waals surface area (Å²) in [7, 11) is 3.82. The van der Waals surface area contributed by atoms with Crippen LogP contribution in [0.5, 0.6) is 0 Å². The molecule has 0 aliphatic carbocycles. The first-order valence-electron chi connectivity index (χ1n) is 8.51. The molecule has 8 heteroatoms. The van der Waals surface area contributed by atoms with Gasteiger partial charge in [0.15, 0.2) is 5.82 Å². The van der Waals surface area contributed by atoms with Gasteiger partial charge in [0.1, 0.15) is 11.7 Å². The fraction of sp³-hybridized carbons (Fsp3) is 0.647. The molecular weight excluding hydrogens is 320 g/mol. The van der Waals surface area contributed by atoms with E-state index in [1.807, 2.05) is 25.1 Å². The highest BCUT2D eigenvalue weighted by Gasteiger charge is 2.33. The zero-order valence-corrected chi connectivity index (χ0v) is 15.8. The zero-order valence-electron chi connectivity index (χ0n) is 15.8. The maximum absolute atomic E-state index is 13.0. The molecule has 8 nitrogen and oxygen atoms in total. The number of rotatable bonds is 2. The molecule has 1 atom stereocenters. The minimum atomic E-state index is -0.0950. The second kappa shape index (κ2) is 6.25. The van der Waals surface area contributed by atoms with Crippen molar-refractivity contribution in [3.63, 3.8) is 0 Å². The van der Waals surface area contributed by atoms with E-state index in [1.165, 1.54) is 0 Å². The van der Waals surface area contributed by atoms with Gasteiger partial charge in [-0.1, -0.05) is 25.9 Å². The number of likely N-dealkylation sites (N-methyl/N-ethyl adjacent to an activating group) is 1. The van der Waals surface area contributed by atoms with Crippen LogP contribution in [-0.2, 0) is 12.5 Å². The topological polar surface area (TPSA) is 80.3 Å². The van der Waals surface area contributed by atoms with Crippen LogP contribution in [0.2, 0.25) is 0 Å². The highest BCUT2D eigenvalue weighted by Crippen LogP contribution is 2.25. The lowest BCUT2D eigenvalue weighted by Gasteiger charge is -2.37. The van der Waals surface area contributed by atoms with Gasteiger partial charge in [0.05, 0.1) is 5.69 Å². The quantitative estimate of drug-likeness (QED) is 0.820. The van der Waals surface area contributed by atoms with Crippen molar-refractivity contribution in [3.8, 4) is 0 Å². The molecule has 3 rings (SSSR count). The minimum absolute atomic E-state index is 0.0140. The summed E-state index contributed by atoms with van der Waals surface area (Å²) in [5.41, 5.74) is 1.42. The lowest BCUT2D eigenvalue weighted by molar-refractivity contribution is 0.0479. The average Bonchev–Trinajstić information content (AvgIpc) is 3.13. The molecule has 0 saturated carbocycles. The van der Waals surface area contributed by atoms with E-state index in [-0.39, 0.29) is 17.4 Å². The van der Waals surface area contributed by atoms with Crippen LogP contribution in [0.3, 0.4) is 0 Å². The van der Waals surface area contributed by atoms with Crippen LogP contribution >= 0.6 is 0 Å². The molecule has 0 radical (unpaired) electrons. The molecule has 2 aromatic heterocycles. The molecule has 1 fully saturated rings. The molecule has 0 bridgehead atoms. The second-order valence-electron chi connectivity index (χ2n) is 7.72. The molecule has 1 aliphatic heterocycles. The Morgan fingerprint density at radius 1 is 1.28 bits per heavy atom. The predicted molar refractivity (Wildman–Crippen MR) is 92.2 cm³/mol. The molecule has 2 aromatic rings. The largest absolute Gasteiger partial charge is 0.338 e. The van der Waals surface area contributed by atoms with E-state index < -0.39 is 0 Å². The van der Waals surface area contributed by atoms with Crippen LogP contribution < -0.4 is 0 Å². The Labute approximate surface area is 147 Å². The number of amides is 1. The first-order valence-corrected chi connectivity index (χ1v) is 8.51. The zero-order chi connectivity index (χ0) is 18.4. The number of carbonyl (C=O) groups excluding carboxylic acids is 1. The lowest BCUT2D eigenvalue weighted by Crippen LogP contribution is -2.49. The van der Waals surface area contributed by atoms with Crippen LogP contribution in [0.1, 0.15) is 54.7 Å². The number of hydrogen-bond donors (Lipinski definition) is 0. The molecule has 0 N–H and O–H groups in total. The van der Waals surface area contributed by atoms with Crippen molar-refractivity contribution in [3.05, 3.63) is 29.2 Å². The third-order valence-electron chi connectivity index (χ3n) is 4.63. The summed E-state index contributed by atoms with van der Waals surface area (Å²) >= 11 is 0. The standard InChI is InChI=1S/C17H26N6O2/c1-11-18-15(25-20-11)13-10-23(8-7-21(13)5)16(24)12-9-14(17(2,3)4)19-22(12)6/h9,13H,7-8,10H2,1-6H3. The van der Waals surface area contributed by atoms with E-state index >= 15 is 0 Å². The van der Waals surface area contributed by atoms with Crippen LogP contribution in [0.25, 0.3) is 0 Å². The first-order chi connectivity index (χ1) is 11.7. The Bertz CT molecular complexity index is 772. The summed E-state index contributed by atoms with van der Waals surface area (Å²) in [6.45, 7) is 10.0. The van der Waals surface area contributed by atoms with Crippen molar-refractivity contribution < 1.29 is 9.32 Å². The van der Waals surface area contributed by atoms with Gasteiger partial charge in [0.25, 0.3) is 5.91 Å². The van der Waals surface area contributed by atoms with Crippen molar-refractivity contribution in [1.82, 2.24) is 29.7 Å². The number of piperazine rings is 1. The molecule has 3 heterocycles. The van der Waals surface area contributed by atoms with Crippen molar-refractivity contribution in [1.29, 1.82) is 0 Å². The number of nitrogens with zero attached hydrogens (tertiary/aromatic N) is 6. The van der Waals surface area contributed by atoms with Crippen LogP contribution in [0.4, 0.5) is 0 Å². The van der Waals surface area contributed by atoms with Gasteiger partial charge < -0.3 is 9.42 Å². The molecule has 25 heavy (non-hydrogen) atoms. The predicted octanol–water partition coefficient (Wildman–Crippen LogP) is 1.54. The fourth-order valence-corrected chi connectivity index (χ4v) is 2.97. The minimum Gasteiger partial charge on any atom is -0.338 e. The Morgan fingerprint density at radius 3 is 2.56 bits per heavy atom. The Morgan fingerprint density at radius 2 is 2.00 bits per heavy atom. The maximum Gasteiger partial charge on any atom is 0.272 e. The molecule has 0 spiro atoms. The lowest BCUT2D eigenvalue weighted by atomic mass is 9.92. The van der Waals surface area contributed by atoms with Crippen LogP contribution in [-0.4, -0.2) is 62.3 Å². The van der Waals surface area contributed by atoms with Crippen LogP contribution in [0, 0.1) is 6.92 Å². The van der Waals surface area contributed by atoms with E-state index in [4.69, 9.17) is 4.52 Å². The third-order valence-corrected chi connectivity index (χ3v) is 4.63. The van der Waals surface area contributed by atoms with Gasteiger partial charge in [-0.2, -0.15) is 10.1 Å². The average molecular weight is 346 g/mol. The second-order valence-corrected chi connectivity index (χ2v) is 7.72. The molecular formula is C17H26N6O2. The number of hydrogen-bond acceptors (Lipinski definition) is 6. The summed E-state index contributed by atoms with van der Waals surface area (Å²) in [5, 5.41) is 8.38. The van der Waals surface area contributed by atoms with E-state index in [0.717, 1.165) is 12.2 Å². The highest BCUT2D eigenvalue weighted by molar-refractivity contribution is 5.92. The Hall–Kier alpha value is -2.22. The van der Waals surface area contributed by atoms with Gasteiger partial charge in [-0.3, -0.25) is 14.4 Å². The van der Waals surface area contributed by atoms with Gasteiger partial charge in [-0.05, 0) is 20.0 Å².